The molecule has 4 fully saturated rings. The number of piperidine rings is 1. The fraction of sp³-hybridized carbons (Fsp3) is 0.423. The zero-order chi connectivity index (χ0) is 28.6. The molecule has 0 spiro atoms. The van der Waals surface area contributed by atoms with Crippen molar-refractivity contribution in [3.63, 3.8) is 0 Å². The number of ketones is 1. The highest BCUT2D eigenvalue weighted by molar-refractivity contribution is 7.92. The number of carbonyl (C=O) groups is 2. The Labute approximate surface area is 236 Å². The van der Waals surface area contributed by atoms with Crippen LogP contribution >= 0.6 is 11.6 Å². The third kappa shape index (κ3) is 4.67. The summed E-state index contributed by atoms with van der Waals surface area (Å²) in [5.74, 6) is -3.52. The Kier molecular flexibility index (Phi) is 6.46. The number of anilines is 2. The maximum absolute atomic E-state index is 14.1. The van der Waals surface area contributed by atoms with E-state index in [1.807, 2.05) is 0 Å². The highest BCUT2D eigenvalue weighted by Crippen LogP contribution is 2.51. The standard InChI is InChI=1S/C26H26ClFN4O6S2/c1-39(35,36)30-17-8-9-19-20(11-17)40(37,38)31-25(29-19)22-24(33)21-13-2-4-14(5-3-13)23(21)32(26(22)34)12-15-6-7-16(28)10-18(15)27/h6-11,13-14,21-23,30H,2-5,12H2,1H3,(H,29,31)/t13?,14?,21-,22?,23+/m1/s1. The van der Waals surface area contributed by atoms with E-state index in [-0.39, 0.29) is 57.3 Å². The molecule has 5 aliphatic rings. The van der Waals surface area contributed by atoms with E-state index in [0.717, 1.165) is 38.0 Å². The first-order valence-corrected chi connectivity index (χ1v) is 16.6. The minimum Gasteiger partial charge on any atom is -0.341 e. The number of Topliss-reactive ketones (excluding diaryl/α,β-unsaturated/α-hetero) is 1. The Morgan fingerprint density at radius 3 is 2.48 bits per heavy atom. The zero-order valence-corrected chi connectivity index (χ0v) is 23.7. The highest BCUT2D eigenvalue weighted by Gasteiger charge is 2.58. The van der Waals surface area contributed by atoms with Crippen LogP contribution in [0.4, 0.5) is 15.8 Å². The summed E-state index contributed by atoms with van der Waals surface area (Å²) in [5, 5.41) is 3.02. The maximum Gasteiger partial charge on any atom is 0.286 e. The summed E-state index contributed by atoms with van der Waals surface area (Å²) >= 11 is 6.31. The molecule has 3 atom stereocenters. The summed E-state index contributed by atoms with van der Waals surface area (Å²) in [6.45, 7) is 0.0449. The van der Waals surface area contributed by atoms with Gasteiger partial charge in [-0.15, -0.1) is 4.40 Å². The number of benzene rings is 2. The van der Waals surface area contributed by atoms with E-state index in [9.17, 15) is 30.8 Å². The van der Waals surface area contributed by atoms with Gasteiger partial charge in [-0.1, -0.05) is 17.7 Å². The Hall–Kier alpha value is -3.03. The number of rotatable bonds is 5. The normalized spacial score (nSPS) is 28.8. The third-order valence-corrected chi connectivity index (χ3v) is 10.6. The van der Waals surface area contributed by atoms with E-state index in [1.165, 1.54) is 30.3 Å². The van der Waals surface area contributed by atoms with Crippen LogP contribution in [0.3, 0.4) is 0 Å². The van der Waals surface area contributed by atoms with Gasteiger partial charge in [0.1, 0.15) is 16.5 Å². The van der Waals surface area contributed by atoms with Crippen LogP contribution in [0, 0.1) is 29.5 Å². The molecule has 0 aromatic heterocycles. The second-order valence-electron chi connectivity index (χ2n) is 10.9. The van der Waals surface area contributed by atoms with E-state index in [0.29, 0.717) is 5.56 Å². The first-order chi connectivity index (χ1) is 18.8. The van der Waals surface area contributed by atoms with Crippen molar-refractivity contribution in [1.29, 1.82) is 0 Å². The molecule has 2 aromatic rings. The smallest absolute Gasteiger partial charge is 0.286 e. The largest absolute Gasteiger partial charge is 0.341 e. The predicted molar refractivity (Wildman–Crippen MR) is 146 cm³/mol. The lowest BCUT2D eigenvalue weighted by Gasteiger charge is -2.55. The van der Waals surface area contributed by atoms with Gasteiger partial charge in [-0.05, 0) is 73.4 Å². The van der Waals surface area contributed by atoms with Gasteiger partial charge >= 0.3 is 0 Å². The molecular formula is C26H26ClFN4O6S2. The fourth-order valence-corrected chi connectivity index (χ4v) is 8.71. The molecule has 1 unspecified atom stereocenters. The molecule has 212 valence electrons. The number of amides is 1. The number of fused-ring (bicyclic) bond motifs is 3. The Balaban J connectivity index is 1.39. The van der Waals surface area contributed by atoms with E-state index >= 15 is 0 Å². The van der Waals surface area contributed by atoms with E-state index in [4.69, 9.17) is 11.6 Å². The fourth-order valence-electron chi connectivity index (χ4n) is 6.74. The van der Waals surface area contributed by atoms with Crippen LogP contribution in [0.2, 0.25) is 5.02 Å². The molecule has 1 amide bonds. The van der Waals surface area contributed by atoms with Crippen molar-refractivity contribution in [3.05, 3.63) is 52.8 Å². The molecule has 2 N–H and O–H groups in total. The molecule has 2 aromatic carbocycles. The molecule has 2 bridgehead atoms. The number of nitrogens with one attached hydrogen (secondary N) is 2. The Morgan fingerprint density at radius 1 is 1.10 bits per heavy atom. The molecule has 3 aliphatic carbocycles. The van der Waals surface area contributed by atoms with Gasteiger partial charge in [-0.3, -0.25) is 14.3 Å². The van der Waals surface area contributed by atoms with E-state index in [2.05, 4.69) is 14.4 Å². The van der Waals surface area contributed by atoms with Crippen LogP contribution in [0.5, 0.6) is 0 Å². The summed E-state index contributed by atoms with van der Waals surface area (Å²) < 4.78 is 69.5. The Morgan fingerprint density at radius 2 is 1.80 bits per heavy atom. The minimum atomic E-state index is -4.39. The van der Waals surface area contributed by atoms with Crippen molar-refractivity contribution in [3.8, 4) is 0 Å². The number of halogens is 2. The van der Waals surface area contributed by atoms with Gasteiger partial charge in [0.25, 0.3) is 10.0 Å². The van der Waals surface area contributed by atoms with Gasteiger partial charge in [0, 0.05) is 29.2 Å². The highest BCUT2D eigenvalue weighted by atomic mass is 35.5. The number of carbonyl (C=O) groups excluding carboxylic acids is 2. The summed E-state index contributed by atoms with van der Waals surface area (Å²) in [6, 6.07) is 7.42. The van der Waals surface area contributed by atoms with Gasteiger partial charge in [-0.25, -0.2) is 12.8 Å². The molecule has 40 heavy (non-hydrogen) atoms. The van der Waals surface area contributed by atoms with Crippen LogP contribution < -0.4 is 10.0 Å². The summed E-state index contributed by atoms with van der Waals surface area (Å²) in [6.07, 6.45) is 4.40. The van der Waals surface area contributed by atoms with Crippen molar-refractivity contribution in [2.45, 2.75) is 43.2 Å². The minimum absolute atomic E-state index is 0.0264. The van der Waals surface area contributed by atoms with Crippen LogP contribution in [0.25, 0.3) is 0 Å². The average Bonchev–Trinajstić information content (AvgIpc) is 2.87. The molecule has 2 heterocycles. The number of likely N-dealkylation sites (tertiary alicyclic amines) is 1. The second kappa shape index (κ2) is 9.52. The number of sulfonamides is 2. The molecule has 1 saturated heterocycles. The monoisotopic (exact) mass is 608 g/mol. The predicted octanol–water partition coefficient (Wildman–Crippen LogP) is 3.40. The van der Waals surface area contributed by atoms with Crippen molar-refractivity contribution >= 4 is 60.5 Å². The van der Waals surface area contributed by atoms with Gasteiger partial charge in [0.05, 0.1) is 11.9 Å². The number of amidine groups is 1. The van der Waals surface area contributed by atoms with E-state index < -0.39 is 43.6 Å². The topological polar surface area (TPSA) is 142 Å². The molecule has 0 radical (unpaired) electrons. The van der Waals surface area contributed by atoms with Crippen molar-refractivity contribution in [2.24, 2.45) is 28.1 Å². The summed E-state index contributed by atoms with van der Waals surface area (Å²) in [7, 11) is -8.05. The number of hydrogen-bond donors (Lipinski definition) is 2. The van der Waals surface area contributed by atoms with Crippen LogP contribution in [0.15, 0.2) is 45.7 Å². The van der Waals surface area contributed by atoms with Gasteiger partial charge in [0.15, 0.2) is 11.7 Å². The van der Waals surface area contributed by atoms with Crippen molar-refractivity contribution in [1.82, 2.24) is 4.90 Å². The molecule has 10 nitrogen and oxygen atoms in total. The van der Waals surface area contributed by atoms with Gasteiger partial charge in [-0.2, -0.15) is 8.42 Å². The lowest BCUT2D eigenvalue weighted by Crippen LogP contribution is -2.66. The number of hydrogen-bond acceptors (Lipinski definition) is 7. The molecule has 14 heteroatoms. The molecule has 2 aliphatic heterocycles. The molecule has 7 rings (SSSR count). The third-order valence-electron chi connectivity index (χ3n) is 8.35. The van der Waals surface area contributed by atoms with Crippen molar-refractivity contribution in [2.75, 3.05) is 16.3 Å². The van der Waals surface area contributed by atoms with Crippen LogP contribution in [-0.2, 0) is 36.2 Å². The lowest BCUT2D eigenvalue weighted by atomic mass is 9.57. The maximum atomic E-state index is 14.1. The van der Waals surface area contributed by atoms with Crippen LogP contribution in [-0.4, -0.2) is 51.6 Å². The zero-order valence-electron chi connectivity index (χ0n) is 21.3. The van der Waals surface area contributed by atoms with Gasteiger partial charge < -0.3 is 10.2 Å². The Bertz CT molecular complexity index is 1690. The quantitative estimate of drug-likeness (QED) is 0.496. The summed E-state index contributed by atoms with van der Waals surface area (Å²) in [5.41, 5.74) is 0.621. The molecule has 3 saturated carbocycles. The lowest BCUT2D eigenvalue weighted by molar-refractivity contribution is -0.162. The van der Waals surface area contributed by atoms with Crippen LogP contribution in [0.1, 0.15) is 31.2 Å². The first kappa shape index (κ1) is 27.2. The first-order valence-electron chi connectivity index (χ1n) is 12.8. The molecular weight excluding hydrogens is 583 g/mol. The number of nitrogens with zero attached hydrogens (tertiary/aromatic N) is 2. The summed E-state index contributed by atoms with van der Waals surface area (Å²) in [4.78, 5) is 29.4. The second-order valence-corrected chi connectivity index (χ2v) is 14.6. The van der Waals surface area contributed by atoms with Gasteiger partial charge in [0.2, 0.25) is 15.9 Å². The SMILES string of the molecule is CS(=O)(=O)Nc1ccc2c(c1)S(=O)(=O)N=C(C1C(=O)[C@@H]3C4CCC(CC4)[C@@H]3N(Cc3ccc(F)cc3Cl)C1=O)N2. The average molecular weight is 609 g/mol. The van der Waals surface area contributed by atoms with E-state index in [1.54, 1.807) is 4.90 Å². The van der Waals surface area contributed by atoms with Crippen molar-refractivity contribution < 1.29 is 30.8 Å².